The first kappa shape index (κ1) is 23.9. The smallest absolute Gasteiger partial charge is 0.268 e. The third-order valence-corrected chi connectivity index (χ3v) is 7.21. The van der Waals surface area contributed by atoms with Crippen molar-refractivity contribution in [2.45, 2.75) is 11.3 Å². The third-order valence-electron chi connectivity index (χ3n) is 4.19. The van der Waals surface area contributed by atoms with Gasteiger partial charge in [0.2, 0.25) is 19.3 Å². The highest BCUT2D eigenvalue weighted by molar-refractivity contribution is 7.93. The molecule has 1 N–H and O–H groups in total. The second kappa shape index (κ2) is 11.2. The molecule has 1 amide bonds. The molecule has 0 unspecified atom stereocenters. The van der Waals surface area contributed by atoms with Gasteiger partial charge in [-0.3, -0.25) is 10.1 Å². The number of para-hydroxylation sites is 1. The van der Waals surface area contributed by atoms with Crippen LogP contribution in [0.2, 0.25) is 0 Å². The highest BCUT2D eigenvalue weighted by atomic mass is 32.2. The Morgan fingerprint density at radius 1 is 1.06 bits per heavy atom. The zero-order valence-corrected chi connectivity index (χ0v) is 19.2. The van der Waals surface area contributed by atoms with Crippen molar-refractivity contribution in [1.29, 1.82) is 5.26 Å². The number of carbonyl (C=O) groups excluding carboxylic acids is 1. The molecule has 3 rings (SSSR count). The van der Waals surface area contributed by atoms with Crippen LogP contribution in [0.3, 0.4) is 0 Å². The minimum Gasteiger partial charge on any atom is -0.490 e. The normalized spacial score (nSPS) is 11.5. The monoisotopic (exact) mass is 484 g/mol. The van der Waals surface area contributed by atoms with Gasteiger partial charge in [-0.15, -0.1) is 10.2 Å². The van der Waals surface area contributed by atoms with Crippen LogP contribution in [0.5, 0.6) is 11.5 Å². The van der Waals surface area contributed by atoms with E-state index < -0.39 is 15.7 Å². The van der Waals surface area contributed by atoms with E-state index in [1.54, 1.807) is 24.3 Å². The van der Waals surface area contributed by atoms with Crippen molar-refractivity contribution >= 4 is 38.3 Å². The lowest BCUT2D eigenvalue weighted by atomic mass is 10.1. The van der Waals surface area contributed by atoms with Gasteiger partial charge in [0.15, 0.2) is 0 Å². The predicted molar refractivity (Wildman–Crippen MR) is 124 cm³/mol. The quantitative estimate of drug-likeness (QED) is 0.201. The number of aromatic nitrogens is 2. The molecule has 170 valence electrons. The van der Waals surface area contributed by atoms with E-state index in [2.05, 4.69) is 15.5 Å². The number of sulfone groups is 1. The Hall–Kier alpha value is -3.75. The van der Waals surface area contributed by atoms with Gasteiger partial charge in [0.25, 0.3) is 5.91 Å². The van der Waals surface area contributed by atoms with Crippen LogP contribution < -0.4 is 14.8 Å². The summed E-state index contributed by atoms with van der Waals surface area (Å²) in [5.41, 5.74) is 0.441. The average molecular weight is 485 g/mol. The summed E-state index contributed by atoms with van der Waals surface area (Å²) in [6.07, 6.45) is 1.41. The molecule has 1 aromatic heterocycles. The van der Waals surface area contributed by atoms with E-state index >= 15 is 0 Å². The third kappa shape index (κ3) is 6.86. The lowest BCUT2D eigenvalue weighted by Crippen LogP contribution is -2.13. The summed E-state index contributed by atoms with van der Waals surface area (Å²) in [6.45, 7) is 2.23. The molecule has 0 aliphatic carbocycles. The number of carbonyl (C=O) groups is 1. The first-order valence-electron chi connectivity index (χ1n) is 9.81. The molecule has 0 saturated carbocycles. The Morgan fingerprint density at radius 2 is 1.70 bits per heavy atom. The summed E-state index contributed by atoms with van der Waals surface area (Å²) in [5, 5.41) is 19.0. The zero-order valence-electron chi connectivity index (χ0n) is 17.6. The SMILES string of the molecule is CCS(=O)(=O)c1nnc(NC(=O)C(C#N)=Cc2ccc(OCCOc3ccccc3)cc2)s1. The highest BCUT2D eigenvalue weighted by Gasteiger charge is 2.19. The molecule has 0 radical (unpaired) electrons. The van der Waals surface area contributed by atoms with Crippen molar-refractivity contribution in [2.24, 2.45) is 0 Å². The fourth-order valence-electron chi connectivity index (χ4n) is 2.49. The van der Waals surface area contributed by atoms with Gasteiger partial charge in [-0.25, -0.2) is 8.42 Å². The predicted octanol–water partition coefficient (Wildman–Crippen LogP) is 3.34. The molecule has 33 heavy (non-hydrogen) atoms. The van der Waals surface area contributed by atoms with Crippen molar-refractivity contribution in [1.82, 2.24) is 10.2 Å². The molecule has 3 aromatic rings. The van der Waals surface area contributed by atoms with Gasteiger partial charge < -0.3 is 9.47 Å². The van der Waals surface area contributed by atoms with Gasteiger partial charge in [-0.2, -0.15) is 5.26 Å². The van der Waals surface area contributed by atoms with Crippen molar-refractivity contribution in [2.75, 3.05) is 24.3 Å². The van der Waals surface area contributed by atoms with Gasteiger partial charge in [0.05, 0.1) is 5.75 Å². The molecule has 0 saturated heterocycles. The summed E-state index contributed by atoms with van der Waals surface area (Å²) in [4.78, 5) is 12.4. The number of anilines is 1. The van der Waals surface area contributed by atoms with Gasteiger partial charge >= 0.3 is 0 Å². The Morgan fingerprint density at radius 3 is 2.30 bits per heavy atom. The zero-order chi connectivity index (χ0) is 23.7. The Balaban J connectivity index is 1.56. The maximum Gasteiger partial charge on any atom is 0.268 e. The molecule has 2 aromatic carbocycles. The molecule has 0 bridgehead atoms. The number of rotatable bonds is 10. The minimum atomic E-state index is -3.52. The van der Waals surface area contributed by atoms with Crippen molar-refractivity contribution < 1.29 is 22.7 Å². The van der Waals surface area contributed by atoms with Crippen LogP contribution in [-0.2, 0) is 14.6 Å². The minimum absolute atomic E-state index is 0.00496. The maximum absolute atomic E-state index is 12.4. The summed E-state index contributed by atoms with van der Waals surface area (Å²) in [5.74, 6) is 0.539. The lowest BCUT2D eigenvalue weighted by molar-refractivity contribution is -0.112. The van der Waals surface area contributed by atoms with E-state index in [0.29, 0.717) is 24.5 Å². The molecule has 11 heteroatoms. The number of ether oxygens (including phenoxy) is 2. The molecule has 0 aliphatic heterocycles. The number of nitriles is 1. The van der Waals surface area contributed by atoms with Crippen molar-refractivity contribution in [3.8, 4) is 17.6 Å². The first-order valence-corrected chi connectivity index (χ1v) is 12.3. The molecule has 0 atom stereocenters. The number of nitrogens with one attached hydrogen (secondary N) is 1. The van der Waals surface area contributed by atoms with E-state index in [1.807, 2.05) is 36.4 Å². The van der Waals surface area contributed by atoms with Crippen LogP contribution in [0.15, 0.2) is 64.5 Å². The molecule has 0 fully saturated rings. The molecular weight excluding hydrogens is 464 g/mol. The summed E-state index contributed by atoms with van der Waals surface area (Å²) < 4.78 is 34.6. The van der Waals surface area contributed by atoms with Crippen molar-refractivity contribution in [3.63, 3.8) is 0 Å². The van der Waals surface area contributed by atoms with E-state index in [-0.39, 0.29) is 20.8 Å². The van der Waals surface area contributed by atoms with E-state index in [1.165, 1.54) is 13.0 Å². The van der Waals surface area contributed by atoms with Crippen LogP contribution in [0.4, 0.5) is 5.13 Å². The standard InChI is InChI=1S/C22H20N4O5S2/c1-2-33(28,29)22-26-25-21(32-22)24-20(27)17(15-23)14-16-8-10-19(11-9-16)31-13-12-30-18-6-4-3-5-7-18/h3-11,14H,2,12-13H2,1H3,(H,24,25,27). The number of hydrogen-bond acceptors (Lipinski definition) is 9. The van der Waals surface area contributed by atoms with Gasteiger partial charge in [-0.05, 0) is 35.9 Å². The van der Waals surface area contributed by atoms with Gasteiger partial charge in [-0.1, -0.05) is 48.6 Å². The second-order valence-corrected chi connectivity index (χ2v) is 9.91. The second-order valence-electron chi connectivity index (χ2n) is 6.48. The van der Waals surface area contributed by atoms with E-state index in [4.69, 9.17) is 9.47 Å². The van der Waals surface area contributed by atoms with Crippen LogP contribution in [0, 0.1) is 11.3 Å². The number of amides is 1. The van der Waals surface area contributed by atoms with Crippen molar-refractivity contribution in [3.05, 3.63) is 65.7 Å². The largest absolute Gasteiger partial charge is 0.490 e. The molecule has 0 spiro atoms. The fraction of sp³-hybridized carbons (Fsp3) is 0.182. The molecule has 9 nitrogen and oxygen atoms in total. The van der Waals surface area contributed by atoms with Crippen LogP contribution in [-0.4, -0.2) is 43.5 Å². The van der Waals surface area contributed by atoms with Crippen LogP contribution in [0.1, 0.15) is 12.5 Å². The summed E-state index contributed by atoms with van der Waals surface area (Å²) in [6, 6.07) is 18.1. The molecular formula is C22H20N4O5S2. The Kier molecular flexibility index (Phi) is 8.12. The van der Waals surface area contributed by atoms with Gasteiger partial charge in [0.1, 0.15) is 36.4 Å². The first-order chi connectivity index (χ1) is 15.9. The number of benzene rings is 2. The maximum atomic E-state index is 12.4. The lowest BCUT2D eigenvalue weighted by Gasteiger charge is -2.08. The average Bonchev–Trinajstić information content (AvgIpc) is 3.31. The number of hydrogen-bond donors (Lipinski definition) is 1. The molecule has 1 heterocycles. The summed E-state index contributed by atoms with van der Waals surface area (Å²) >= 11 is 0.731. The highest BCUT2D eigenvalue weighted by Crippen LogP contribution is 2.22. The fourth-order valence-corrected chi connectivity index (χ4v) is 4.47. The van der Waals surface area contributed by atoms with Crippen LogP contribution in [0.25, 0.3) is 6.08 Å². The van der Waals surface area contributed by atoms with Gasteiger partial charge in [0, 0.05) is 0 Å². The topological polar surface area (TPSA) is 131 Å². The van der Waals surface area contributed by atoms with E-state index in [0.717, 1.165) is 17.1 Å². The Bertz CT molecular complexity index is 1260. The van der Waals surface area contributed by atoms with Crippen LogP contribution >= 0.6 is 11.3 Å². The number of nitrogens with zero attached hydrogens (tertiary/aromatic N) is 3. The summed E-state index contributed by atoms with van der Waals surface area (Å²) in [7, 11) is -3.52. The Labute approximate surface area is 195 Å². The van der Waals surface area contributed by atoms with E-state index in [9.17, 15) is 18.5 Å². The molecule has 0 aliphatic rings.